The minimum absolute atomic E-state index is 0.224. The molecule has 7 rings (SSSR count). The van der Waals surface area contributed by atoms with Crippen LogP contribution >= 0.6 is 39.1 Å². The topological polar surface area (TPSA) is 64.6 Å². The van der Waals surface area contributed by atoms with Gasteiger partial charge in [-0.15, -0.1) is 11.6 Å². The molecule has 10 heteroatoms. The molecule has 6 aromatic rings. The molecule has 1 saturated heterocycles. The monoisotopic (exact) mass is 924 g/mol. The quantitative estimate of drug-likeness (QED) is 0.0666. The van der Waals surface area contributed by atoms with Crippen molar-refractivity contribution in [3.8, 4) is 11.5 Å². The Morgan fingerprint density at radius 1 is 0.590 bits per heavy atom. The lowest BCUT2D eigenvalue weighted by Crippen LogP contribution is -2.58. The second-order valence-corrected chi connectivity index (χ2v) is 16.3. The van der Waals surface area contributed by atoms with Gasteiger partial charge in [-0.3, -0.25) is 0 Å². The maximum absolute atomic E-state index is 7.30. The van der Waals surface area contributed by atoms with Gasteiger partial charge in [-0.25, -0.2) is 0 Å². The number of hydrogen-bond acceptors (Lipinski definition) is 7. The summed E-state index contributed by atoms with van der Waals surface area (Å²) in [6, 6.07) is 50.6. The van der Waals surface area contributed by atoms with E-state index in [0.717, 1.165) is 44.7 Å². The highest BCUT2D eigenvalue weighted by Crippen LogP contribution is 2.47. The van der Waals surface area contributed by atoms with Crippen LogP contribution < -0.4 is 9.47 Å². The molecule has 0 bridgehead atoms. The Labute approximate surface area is 377 Å². The Kier molecular flexibility index (Phi) is 17.1. The summed E-state index contributed by atoms with van der Waals surface area (Å²) in [7, 11) is 0. The Morgan fingerprint density at radius 3 is 1.62 bits per heavy atom. The van der Waals surface area contributed by atoms with Crippen molar-refractivity contribution in [2.45, 2.75) is 70.3 Å². The van der Waals surface area contributed by atoms with Crippen LogP contribution in [0.5, 0.6) is 11.5 Å². The summed E-state index contributed by atoms with van der Waals surface area (Å²) in [4.78, 5) is 0. The molecule has 61 heavy (non-hydrogen) atoms. The second-order valence-electron chi connectivity index (χ2n) is 14.8. The van der Waals surface area contributed by atoms with E-state index in [0.29, 0.717) is 54.7 Å². The maximum Gasteiger partial charge on any atom is 0.152 e. The van der Waals surface area contributed by atoms with E-state index in [-0.39, 0.29) is 19.1 Å². The summed E-state index contributed by atoms with van der Waals surface area (Å²) in [6.07, 6.45) is -2.66. The standard InChI is InChI=1S/C51H51BrCl2O7/c1-2-56-42-25-23-36(24-26-42)29-41-30-43(45(52)49(46(41)54)57-28-27-53)47-50(59-33-39-19-11-5-12-20-39)51(60-34-40-21-13-6-14-22-40)48(58-32-38-17-9-4-10-18-38)44(61-47)35-55-31-37-15-7-3-8-16-37/h3-26,30,44,47-48,50-51H,2,27-29,31-35H2,1H3/t44-,47+,48-,50+,51+/m1/s1. The van der Waals surface area contributed by atoms with E-state index in [4.69, 9.17) is 56.4 Å². The fraction of sp³-hybridized carbons (Fsp3) is 0.294. The van der Waals surface area contributed by atoms with Gasteiger partial charge in [0.25, 0.3) is 0 Å². The number of alkyl halides is 1. The zero-order valence-corrected chi connectivity index (χ0v) is 37.3. The van der Waals surface area contributed by atoms with Gasteiger partial charge in [0.2, 0.25) is 0 Å². The van der Waals surface area contributed by atoms with Crippen LogP contribution in [0.3, 0.4) is 0 Å². The van der Waals surface area contributed by atoms with Gasteiger partial charge in [0.05, 0.1) is 55.0 Å². The molecule has 0 aliphatic carbocycles. The largest absolute Gasteiger partial charge is 0.494 e. The second kappa shape index (κ2) is 23.3. The van der Waals surface area contributed by atoms with Gasteiger partial charge in [0.1, 0.15) is 42.9 Å². The first kappa shape index (κ1) is 44.8. The summed E-state index contributed by atoms with van der Waals surface area (Å²) in [5.74, 6) is 1.56. The van der Waals surface area contributed by atoms with Crippen molar-refractivity contribution >= 4 is 39.1 Å². The predicted octanol–water partition coefficient (Wildman–Crippen LogP) is 12.1. The molecule has 0 saturated carbocycles. The molecule has 0 aromatic heterocycles. The summed E-state index contributed by atoms with van der Waals surface area (Å²) >= 11 is 17.4. The molecule has 0 amide bonds. The number of hydrogen-bond donors (Lipinski definition) is 0. The lowest BCUT2D eigenvalue weighted by molar-refractivity contribution is -0.275. The van der Waals surface area contributed by atoms with Gasteiger partial charge in [0, 0.05) is 5.56 Å². The molecule has 0 radical (unpaired) electrons. The van der Waals surface area contributed by atoms with Crippen molar-refractivity contribution < 1.29 is 33.2 Å². The molecule has 0 unspecified atom stereocenters. The van der Waals surface area contributed by atoms with Crippen molar-refractivity contribution in [1.82, 2.24) is 0 Å². The number of rotatable bonds is 21. The van der Waals surface area contributed by atoms with Gasteiger partial charge in [0.15, 0.2) is 5.75 Å². The zero-order chi connectivity index (χ0) is 42.2. The van der Waals surface area contributed by atoms with Crippen LogP contribution in [-0.2, 0) is 56.5 Å². The van der Waals surface area contributed by atoms with Gasteiger partial charge in [-0.05, 0) is 80.9 Å². The number of benzene rings is 6. The van der Waals surface area contributed by atoms with Crippen LogP contribution in [0.4, 0.5) is 0 Å². The molecule has 7 nitrogen and oxygen atoms in total. The van der Waals surface area contributed by atoms with E-state index in [2.05, 4.69) is 46.3 Å². The van der Waals surface area contributed by atoms with E-state index in [1.54, 1.807) is 0 Å². The molecule has 5 atom stereocenters. The van der Waals surface area contributed by atoms with Crippen LogP contribution in [0.15, 0.2) is 156 Å². The molecular weight excluding hydrogens is 875 g/mol. The summed E-state index contributed by atoms with van der Waals surface area (Å²) < 4.78 is 47.5. The summed E-state index contributed by atoms with van der Waals surface area (Å²) in [6.45, 7) is 4.38. The average Bonchev–Trinajstić information content (AvgIpc) is 3.30. The van der Waals surface area contributed by atoms with Crippen LogP contribution in [-0.4, -0.2) is 50.1 Å². The van der Waals surface area contributed by atoms with Crippen molar-refractivity contribution in [3.05, 3.63) is 200 Å². The fourth-order valence-electron chi connectivity index (χ4n) is 7.42. The first-order valence-electron chi connectivity index (χ1n) is 20.7. The van der Waals surface area contributed by atoms with E-state index in [9.17, 15) is 0 Å². The van der Waals surface area contributed by atoms with Crippen molar-refractivity contribution in [3.63, 3.8) is 0 Å². The van der Waals surface area contributed by atoms with Gasteiger partial charge in [-0.1, -0.05) is 145 Å². The number of halogens is 3. The third kappa shape index (κ3) is 12.5. The van der Waals surface area contributed by atoms with Crippen molar-refractivity contribution in [2.24, 2.45) is 0 Å². The van der Waals surface area contributed by atoms with Crippen LogP contribution in [0.1, 0.15) is 52.0 Å². The molecule has 1 aliphatic rings. The Bertz CT molecular complexity index is 2200. The smallest absolute Gasteiger partial charge is 0.152 e. The molecule has 6 aromatic carbocycles. The van der Waals surface area contributed by atoms with Gasteiger partial charge >= 0.3 is 0 Å². The van der Waals surface area contributed by atoms with E-state index in [1.165, 1.54) is 0 Å². The minimum atomic E-state index is -0.699. The maximum atomic E-state index is 7.30. The van der Waals surface area contributed by atoms with Crippen LogP contribution in [0, 0.1) is 0 Å². The normalized spacial score (nSPS) is 18.8. The third-order valence-electron chi connectivity index (χ3n) is 10.4. The first-order chi connectivity index (χ1) is 30.0. The SMILES string of the molecule is CCOc1ccc(Cc2cc([C@@H]3O[C@H](COCc4ccccc4)[C@@H](OCc4ccccc4)[C@H](OCc4ccccc4)[C@H]3OCc3ccccc3)c(Br)c(OCCCl)c2Cl)cc1. The molecule has 0 N–H and O–H groups in total. The molecule has 318 valence electrons. The Hall–Kier alpha value is -4.22. The summed E-state index contributed by atoms with van der Waals surface area (Å²) in [5, 5.41) is 0.482. The fourth-order valence-corrected chi connectivity index (χ4v) is 8.54. The first-order valence-corrected chi connectivity index (χ1v) is 22.4. The van der Waals surface area contributed by atoms with E-state index < -0.39 is 30.5 Å². The summed E-state index contributed by atoms with van der Waals surface area (Å²) in [5.41, 5.74) is 6.80. The lowest BCUT2D eigenvalue weighted by Gasteiger charge is -2.47. The van der Waals surface area contributed by atoms with E-state index in [1.807, 2.05) is 128 Å². The highest BCUT2D eigenvalue weighted by Gasteiger charge is 2.50. The average molecular weight is 927 g/mol. The highest BCUT2D eigenvalue weighted by molar-refractivity contribution is 9.10. The van der Waals surface area contributed by atoms with Crippen LogP contribution in [0.2, 0.25) is 5.02 Å². The molecule has 1 aliphatic heterocycles. The Morgan fingerprint density at radius 2 is 1.10 bits per heavy atom. The highest BCUT2D eigenvalue weighted by atomic mass is 79.9. The van der Waals surface area contributed by atoms with Crippen molar-refractivity contribution in [2.75, 3.05) is 25.7 Å². The number of ether oxygens (including phenoxy) is 7. The molecule has 0 spiro atoms. The molecule has 1 fully saturated rings. The minimum Gasteiger partial charge on any atom is -0.494 e. The lowest BCUT2D eigenvalue weighted by atomic mass is 9.89. The Balaban J connectivity index is 1.33. The third-order valence-corrected chi connectivity index (χ3v) is 11.8. The van der Waals surface area contributed by atoms with Crippen LogP contribution in [0.25, 0.3) is 0 Å². The zero-order valence-electron chi connectivity index (χ0n) is 34.2. The van der Waals surface area contributed by atoms with Gasteiger partial charge in [-0.2, -0.15) is 0 Å². The van der Waals surface area contributed by atoms with Crippen molar-refractivity contribution in [1.29, 1.82) is 0 Å². The van der Waals surface area contributed by atoms with E-state index >= 15 is 0 Å². The predicted molar refractivity (Wildman–Crippen MR) is 245 cm³/mol. The molecule has 1 heterocycles. The van der Waals surface area contributed by atoms with Gasteiger partial charge < -0.3 is 33.2 Å². The molecular formula is C51H51BrCl2O7.